The molecule has 0 radical (unpaired) electrons. The number of nitrogens with one attached hydrogen (secondary N) is 1. The normalized spacial score (nSPS) is 11.4. The second kappa shape index (κ2) is 6.09. The van der Waals surface area contributed by atoms with Gasteiger partial charge in [-0.2, -0.15) is 5.26 Å². The monoisotopic (exact) mass is 301 g/mol. The summed E-state index contributed by atoms with van der Waals surface area (Å²) in [5.74, 6) is -1.35. The van der Waals surface area contributed by atoms with Crippen LogP contribution in [-0.4, -0.2) is 20.6 Å². The number of nitrogens with zero attached hydrogens (tertiary/aromatic N) is 2. The van der Waals surface area contributed by atoms with E-state index in [9.17, 15) is 9.59 Å². The van der Waals surface area contributed by atoms with Crippen LogP contribution in [0.4, 0.5) is 0 Å². The second-order valence-corrected chi connectivity index (χ2v) is 4.99. The minimum absolute atomic E-state index is 0.139. The maximum atomic E-state index is 12.2. The predicted octanol–water partition coefficient (Wildman–Crippen LogP) is 0.109. The molecule has 21 heavy (non-hydrogen) atoms. The van der Waals surface area contributed by atoms with E-state index in [2.05, 4.69) is 10.7 Å². The second-order valence-electron chi connectivity index (χ2n) is 3.99. The highest BCUT2D eigenvalue weighted by Gasteiger charge is 2.13. The third-order valence-electron chi connectivity index (χ3n) is 2.72. The maximum Gasteiger partial charge on any atom is 0.349 e. The van der Waals surface area contributed by atoms with Crippen molar-refractivity contribution >= 4 is 34.7 Å². The summed E-state index contributed by atoms with van der Waals surface area (Å²) in [5.41, 5.74) is 2.82. The van der Waals surface area contributed by atoms with E-state index in [4.69, 9.17) is 10.4 Å². The Morgan fingerprint density at radius 2 is 2.38 bits per heavy atom. The van der Waals surface area contributed by atoms with E-state index in [1.54, 1.807) is 25.3 Å². The molecule has 0 amide bonds. The van der Waals surface area contributed by atoms with Gasteiger partial charge in [0.1, 0.15) is 15.3 Å². The Kier molecular flexibility index (Phi) is 4.24. The fraction of sp³-hybridized carbons (Fsp3) is 0.143. The molecular formula is C14H11N3O3S. The van der Waals surface area contributed by atoms with Gasteiger partial charge in [-0.1, -0.05) is 5.73 Å². The average molecular weight is 301 g/mol. The first-order valence-electron chi connectivity index (χ1n) is 6.06. The Morgan fingerprint density at radius 3 is 2.90 bits per heavy atom. The molecular weight excluding hydrogens is 290 g/mol. The number of thiazole rings is 1. The van der Waals surface area contributed by atoms with Crippen molar-refractivity contribution in [3.63, 3.8) is 0 Å². The molecule has 0 unspecified atom stereocenters. The van der Waals surface area contributed by atoms with E-state index in [1.807, 2.05) is 12.1 Å². The summed E-state index contributed by atoms with van der Waals surface area (Å²) in [6.45, 7) is 2.00. The number of carbonyl (C=O) groups is 1. The number of H-pyrrole nitrogens is 1. The first kappa shape index (κ1) is 14.6. The summed E-state index contributed by atoms with van der Waals surface area (Å²) < 4.78 is 1.66. The summed E-state index contributed by atoms with van der Waals surface area (Å²) in [5, 5.41) is 18.0. The Balaban J connectivity index is 2.83. The molecule has 106 valence electrons. The predicted molar refractivity (Wildman–Crippen MR) is 78.8 cm³/mol. The van der Waals surface area contributed by atoms with Gasteiger partial charge in [0, 0.05) is 24.5 Å². The van der Waals surface area contributed by atoms with Crippen molar-refractivity contribution in [1.29, 1.82) is 5.26 Å². The molecule has 2 heterocycles. The molecule has 0 aliphatic rings. The lowest BCUT2D eigenvalue weighted by atomic mass is 10.3. The number of carboxylic acid groups (broad SMARTS) is 1. The number of nitriles is 1. The summed E-state index contributed by atoms with van der Waals surface area (Å²) in [6.07, 6.45) is 3.34. The van der Waals surface area contributed by atoms with Gasteiger partial charge in [-0.15, -0.1) is 11.3 Å². The number of hydrogen-bond acceptors (Lipinski definition) is 4. The number of hydrogen-bond donors (Lipinski definition) is 2. The first-order valence-corrected chi connectivity index (χ1v) is 6.87. The molecule has 6 nitrogen and oxygen atoms in total. The van der Waals surface area contributed by atoms with Gasteiger partial charge >= 0.3 is 5.97 Å². The van der Waals surface area contributed by atoms with Crippen molar-refractivity contribution in [3.8, 4) is 6.07 Å². The van der Waals surface area contributed by atoms with E-state index >= 15 is 0 Å². The van der Waals surface area contributed by atoms with Gasteiger partial charge in [-0.25, -0.2) is 4.79 Å². The minimum Gasteiger partial charge on any atom is -0.477 e. The molecule has 2 rings (SSSR count). The van der Waals surface area contributed by atoms with Gasteiger partial charge in [-0.05, 0) is 19.1 Å². The first-order chi connectivity index (χ1) is 10.1. The number of aromatic amines is 1. The highest BCUT2D eigenvalue weighted by Crippen LogP contribution is 1.95. The van der Waals surface area contributed by atoms with Crippen LogP contribution in [0.25, 0.3) is 17.4 Å². The van der Waals surface area contributed by atoms with E-state index in [0.29, 0.717) is 0 Å². The molecule has 2 aromatic heterocycles. The lowest BCUT2D eigenvalue weighted by Crippen LogP contribution is -2.31. The summed E-state index contributed by atoms with van der Waals surface area (Å²) in [4.78, 5) is 26.2. The van der Waals surface area contributed by atoms with Crippen LogP contribution in [0.15, 0.2) is 23.1 Å². The zero-order valence-corrected chi connectivity index (χ0v) is 11.9. The van der Waals surface area contributed by atoms with Crippen LogP contribution in [0.3, 0.4) is 0 Å². The number of rotatable bonds is 3. The Morgan fingerprint density at radius 1 is 1.62 bits per heavy atom. The third-order valence-corrected chi connectivity index (χ3v) is 3.83. The zero-order chi connectivity index (χ0) is 15.4. The van der Waals surface area contributed by atoms with Crippen LogP contribution in [-0.2, 0) is 11.3 Å². The van der Waals surface area contributed by atoms with Gasteiger partial charge in [-0.3, -0.25) is 9.36 Å². The van der Waals surface area contributed by atoms with Crippen LogP contribution in [0.2, 0.25) is 0 Å². The topological polar surface area (TPSA) is 98.9 Å². The fourth-order valence-electron chi connectivity index (χ4n) is 1.74. The van der Waals surface area contributed by atoms with Gasteiger partial charge in [0.15, 0.2) is 5.57 Å². The highest BCUT2D eigenvalue weighted by molar-refractivity contribution is 7.07. The minimum atomic E-state index is -1.35. The summed E-state index contributed by atoms with van der Waals surface area (Å²) >= 11 is 0.947. The van der Waals surface area contributed by atoms with Crippen LogP contribution >= 0.6 is 11.3 Å². The summed E-state index contributed by atoms with van der Waals surface area (Å²) in [7, 11) is 0. The molecule has 0 aliphatic heterocycles. The Bertz CT molecular complexity index is 920. The molecule has 7 heteroatoms. The summed E-state index contributed by atoms with van der Waals surface area (Å²) in [6, 6.07) is 5.25. The SMILES string of the molecule is CCn1c(=O)c(=C=Cc2ccc[nH]2)s/c1=C(/C#N)C(=O)O. The van der Waals surface area contributed by atoms with E-state index in [1.165, 1.54) is 4.57 Å². The number of aromatic nitrogens is 2. The standard InChI is InChI=1S/C14H11N3O3S/c1-2-17-12(18)11(6-5-9-4-3-7-16-9)21-13(17)10(8-15)14(19)20/h3-5,7,16H,2H2,1H3,(H,19,20)/b13-10-. The van der Waals surface area contributed by atoms with E-state index < -0.39 is 11.5 Å². The van der Waals surface area contributed by atoms with Crippen molar-refractivity contribution in [3.05, 3.63) is 43.6 Å². The van der Waals surface area contributed by atoms with Gasteiger partial charge in [0.05, 0.1) is 0 Å². The number of aliphatic carboxylic acids is 1. The maximum absolute atomic E-state index is 12.2. The smallest absolute Gasteiger partial charge is 0.349 e. The molecule has 0 fully saturated rings. The number of carboxylic acids is 1. The van der Waals surface area contributed by atoms with Gasteiger partial charge < -0.3 is 10.1 Å². The van der Waals surface area contributed by atoms with Crippen molar-refractivity contribution in [1.82, 2.24) is 9.55 Å². The van der Waals surface area contributed by atoms with E-state index in [-0.39, 0.29) is 21.3 Å². The Labute approximate surface area is 123 Å². The van der Waals surface area contributed by atoms with Crippen LogP contribution in [0, 0.1) is 11.3 Å². The van der Waals surface area contributed by atoms with Crippen molar-refractivity contribution < 1.29 is 9.90 Å². The van der Waals surface area contributed by atoms with Crippen molar-refractivity contribution in [2.75, 3.05) is 0 Å². The molecule has 0 bridgehead atoms. The van der Waals surface area contributed by atoms with E-state index in [0.717, 1.165) is 17.0 Å². The fourth-order valence-corrected chi connectivity index (χ4v) is 2.80. The molecule has 0 aromatic carbocycles. The molecule has 2 N–H and O–H groups in total. The molecule has 0 spiro atoms. The zero-order valence-electron chi connectivity index (χ0n) is 11.1. The van der Waals surface area contributed by atoms with Crippen molar-refractivity contribution in [2.24, 2.45) is 0 Å². The molecule has 2 aromatic rings. The van der Waals surface area contributed by atoms with Crippen LogP contribution < -0.4 is 14.8 Å². The largest absolute Gasteiger partial charge is 0.477 e. The van der Waals surface area contributed by atoms with Crippen LogP contribution in [0.1, 0.15) is 12.6 Å². The molecule has 0 atom stereocenters. The lowest BCUT2D eigenvalue weighted by molar-refractivity contribution is -0.130. The average Bonchev–Trinajstić information content (AvgIpc) is 3.05. The van der Waals surface area contributed by atoms with Crippen LogP contribution in [0.5, 0.6) is 0 Å². The Hall–Kier alpha value is -2.81. The lowest BCUT2D eigenvalue weighted by Gasteiger charge is -1.95. The molecule has 0 saturated heterocycles. The van der Waals surface area contributed by atoms with Gasteiger partial charge in [0.2, 0.25) is 0 Å². The quantitative estimate of drug-likeness (QED) is 0.840. The molecule has 0 aliphatic carbocycles. The highest BCUT2D eigenvalue weighted by atomic mass is 32.1. The van der Waals surface area contributed by atoms with Crippen molar-refractivity contribution in [2.45, 2.75) is 13.5 Å². The molecule has 0 saturated carbocycles. The third kappa shape index (κ3) is 2.87. The van der Waals surface area contributed by atoms with Gasteiger partial charge in [0.25, 0.3) is 5.56 Å².